The van der Waals surface area contributed by atoms with E-state index in [9.17, 15) is 0 Å². The van der Waals surface area contributed by atoms with Gasteiger partial charge in [-0.25, -0.2) is 4.57 Å². The molecule has 0 bridgehead atoms. The summed E-state index contributed by atoms with van der Waals surface area (Å²) in [5.41, 5.74) is 3.74. The van der Waals surface area contributed by atoms with E-state index in [1.165, 1.54) is 0 Å². The highest BCUT2D eigenvalue weighted by Crippen LogP contribution is 2.22. The summed E-state index contributed by atoms with van der Waals surface area (Å²) in [4.78, 5) is 0. The van der Waals surface area contributed by atoms with Gasteiger partial charge in [-0.15, -0.1) is 0 Å². The molecule has 2 rings (SSSR count). The molecule has 0 fully saturated rings. The minimum Gasteiger partial charge on any atom is -0.201 e. The monoisotopic (exact) mass is 303 g/mol. The molecule has 0 aliphatic heterocycles. The number of aryl methyl sites for hydroxylation is 4. The molecule has 0 atom stereocenters. The predicted molar refractivity (Wildman–Crippen MR) is 94.9 cm³/mol. The van der Waals surface area contributed by atoms with Crippen LogP contribution in [-0.4, -0.2) is 8.07 Å². The van der Waals surface area contributed by atoms with Crippen molar-refractivity contribution >= 4 is 13.3 Å². The average Bonchev–Trinajstić information content (AvgIpc) is 2.44. The SMILES string of the molecule is [2H]C([2H])([2H])c1ccc(-c2cc(C([2H])([2H])C)c([Si](C)(C)C)c[n+]2C)c(C)c1. The molecule has 0 saturated heterocycles. The molecule has 21 heavy (non-hydrogen) atoms. The highest BCUT2D eigenvalue weighted by molar-refractivity contribution is 6.88. The van der Waals surface area contributed by atoms with Crippen molar-refractivity contribution in [1.82, 2.24) is 0 Å². The largest absolute Gasteiger partial charge is 0.212 e. The minimum atomic E-state index is -2.13. The fourth-order valence-electron chi connectivity index (χ4n) is 2.67. The molecule has 0 amide bonds. The molecule has 0 aliphatic rings. The third kappa shape index (κ3) is 3.26. The van der Waals surface area contributed by atoms with E-state index in [4.69, 9.17) is 6.85 Å². The Kier molecular flexibility index (Phi) is 2.84. The van der Waals surface area contributed by atoms with Gasteiger partial charge >= 0.3 is 0 Å². The second kappa shape index (κ2) is 5.76. The van der Waals surface area contributed by atoms with Crippen LogP contribution in [0.5, 0.6) is 0 Å². The van der Waals surface area contributed by atoms with Gasteiger partial charge in [-0.3, -0.25) is 0 Å². The molecule has 1 nitrogen and oxygen atoms in total. The lowest BCUT2D eigenvalue weighted by molar-refractivity contribution is -0.659. The summed E-state index contributed by atoms with van der Waals surface area (Å²) in [5, 5.41) is 1.10. The Balaban J connectivity index is 2.72. The van der Waals surface area contributed by atoms with Gasteiger partial charge in [0, 0.05) is 23.7 Å². The molecule has 0 radical (unpaired) electrons. The summed E-state index contributed by atoms with van der Waals surface area (Å²) in [5.74, 6) is 0. The van der Waals surface area contributed by atoms with Gasteiger partial charge in [-0.05, 0) is 37.3 Å². The predicted octanol–water partition coefficient (Wildman–Crippen LogP) is 3.90. The van der Waals surface area contributed by atoms with Crippen molar-refractivity contribution in [2.75, 3.05) is 0 Å². The van der Waals surface area contributed by atoms with Gasteiger partial charge in [0.2, 0.25) is 5.69 Å². The zero-order valence-electron chi connectivity index (χ0n) is 18.8. The lowest BCUT2D eigenvalue weighted by Gasteiger charge is -2.19. The summed E-state index contributed by atoms with van der Waals surface area (Å²) in [6.45, 7) is 8.02. The van der Waals surface area contributed by atoms with Crippen molar-refractivity contribution in [2.24, 2.45) is 7.05 Å². The van der Waals surface area contributed by atoms with Gasteiger partial charge in [0.15, 0.2) is 6.20 Å². The first-order valence-electron chi connectivity index (χ1n) is 9.78. The van der Waals surface area contributed by atoms with Crippen molar-refractivity contribution in [1.29, 1.82) is 0 Å². The number of rotatable bonds is 3. The zero-order chi connectivity index (χ0) is 20.1. The molecular formula is C19H28NSi+. The number of hydrogen-bond acceptors (Lipinski definition) is 0. The molecule has 1 heterocycles. The summed E-state index contributed by atoms with van der Waals surface area (Å²) in [7, 11) is 0.238. The smallest absolute Gasteiger partial charge is 0.201 e. The van der Waals surface area contributed by atoms with E-state index in [0.29, 0.717) is 5.56 Å². The van der Waals surface area contributed by atoms with E-state index >= 15 is 0 Å². The van der Waals surface area contributed by atoms with Crippen LogP contribution >= 0.6 is 0 Å². The van der Waals surface area contributed by atoms with Crippen LogP contribution in [0, 0.1) is 13.8 Å². The van der Waals surface area contributed by atoms with Crippen LogP contribution in [-0.2, 0) is 13.4 Å². The minimum absolute atomic E-state index is 0.325. The second-order valence-electron chi connectivity index (χ2n) is 6.63. The molecular weight excluding hydrogens is 270 g/mol. The first kappa shape index (κ1) is 10.3. The molecule has 0 unspecified atom stereocenters. The summed E-state index contributed by atoms with van der Waals surface area (Å²) < 4.78 is 41.4. The lowest BCUT2D eigenvalue weighted by atomic mass is 10.0. The number of aromatic nitrogens is 1. The van der Waals surface area contributed by atoms with Crippen LogP contribution in [0.25, 0.3) is 11.3 Å². The van der Waals surface area contributed by atoms with Crippen LogP contribution in [0.4, 0.5) is 0 Å². The van der Waals surface area contributed by atoms with E-state index in [0.717, 1.165) is 27.6 Å². The van der Waals surface area contributed by atoms with Crippen molar-refractivity contribution < 1.29 is 11.4 Å². The van der Waals surface area contributed by atoms with Gasteiger partial charge in [0.05, 0.1) is 8.07 Å². The highest BCUT2D eigenvalue weighted by atomic mass is 28.3. The first-order chi connectivity index (χ1) is 11.6. The van der Waals surface area contributed by atoms with Crippen LogP contribution in [0.1, 0.15) is 30.5 Å². The molecule has 112 valence electrons. The van der Waals surface area contributed by atoms with Gasteiger partial charge in [0.1, 0.15) is 7.05 Å². The van der Waals surface area contributed by atoms with Gasteiger partial charge in [0.25, 0.3) is 0 Å². The maximum Gasteiger partial charge on any atom is 0.212 e. The zero-order valence-corrected chi connectivity index (χ0v) is 14.8. The average molecular weight is 304 g/mol. The Morgan fingerprint density at radius 2 is 1.95 bits per heavy atom. The number of benzene rings is 1. The Morgan fingerprint density at radius 3 is 2.48 bits per heavy atom. The van der Waals surface area contributed by atoms with Gasteiger partial charge < -0.3 is 0 Å². The summed E-state index contributed by atoms with van der Waals surface area (Å²) in [6, 6.07) is 7.11. The molecule has 0 spiro atoms. The molecule has 1 aromatic heterocycles. The summed E-state index contributed by atoms with van der Waals surface area (Å²) in [6.07, 6.45) is 0.612. The van der Waals surface area contributed by atoms with Crippen LogP contribution < -0.4 is 9.75 Å². The van der Waals surface area contributed by atoms with E-state index in [1.807, 2.05) is 30.7 Å². The molecule has 2 aromatic rings. The molecule has 2 heteroatoms. The fourth-order valence-corrected chi connectivity index (χ4v) is 4.26. The van der Waals surface area contributed by atoms with Crippen LogP contribution in [0.15, 0.2) is 30.5 Å². The maximum atomic E-state index is 8.30. The Bertz CT molecular complexity index is 830. The van der Waals surface area contributed by atoms with Crippen LogP contribution in [0.3, 0.4) is 0 Å². The van der Waals surface area contributed by atoms with Crippen LogP contribution in [0.2, 0.25) is 19.6 Å². The Hall–Kier alpha value is -1.41. The normalized spacial score (nSPS) is 16.6. The number of hydrogen-bond donors (Lipinski definition) is 0. The van der Waals surface area contributed by atoms with Gasteiger partial charge in [-0.1, -0.05) is 44.3 Å². The van der Waals surface area contributed by atoms with E-state index in [-0.39, 0.29) is 0 Å². The fraction of sp³-hybridized carbons (Fsp3) is 0.421. The third-order valence-corrected chi connectivity index (χ3v) is 5.87. The van der Waals surface area contributed by atoms with E-state index in [2.05, 4.69) is 25.8 Å². The number of pyridine rings is 1. The summed E-state index contributed by atoms with van der Waals surface area (Å²) >= 11 is 0. The van der Waals surface area contributed by atoms with E-state index < -0.39 is 21.3 Å². The topological polar surface area (TPSA) is 3.88 Å². The highest BCUT2D eigenvalue weighted by Gasteiger charge is 2.25. The second-order valence-corrected chi connectivity index (χ2v) is 11.7. The molecule has 0 aliphatic carbocycles. The standard InChI is InChI=1S/C19H28NSi/c1-8-16-12-18(17-10-9-14(2)11-15(17)3)20(4)13-19(16)21(5,6)7/h9-13H,8H2,1-7H3/q+1/i2D3,8D2. The van der Waals surface area contributed by atoms with Crippen molar-refractivity contribution in [3.63, 3.8) is 0 Å². The first-order valence-corrected chi connectivity index (χ1v) is 10.8. The quantitative estimate of drug-likeness (QED) is 0.598. The van der Waals surface area contributed by atoms with Crippen molar-refractivity contribution in [2.45, 2.75) is 46.7 Å². The van der Waals surface area contributed by atoms with E-state index in [1.54, 1.807) is 19.1 Å². The van der Waals surface area contributed by atoms with Gasteiger partial charge in [-0.2, -0.15) is 0 Å². The molecule has 1 aromatic carbocycles. The Labute approximate surface area is 137 Å². The Morgan fingerprint density at radius 1 is 1.24 bits per heavy atom. The maximum absolute atomic E-state index is 8.30. The molecule has 0 N–H and O–H groups in total. The number of nitrogens with zero attached hydrogens (tertiary/aromatic N) is 1. The van der Waals surface area contributed by atoms with Crippen molar-refractivity contribution in [3.8, 4) is 11.3 Å². The third-order valence-electron chi connectivity index (χ3n) is 3.85. The molecule has 0 saturated carbocycles. The van der Waals surface area contributed by atoms with Crippen molar-refractivity contribution in [3.05, 3.63) is 47.2 Å². The lowest BCUT2D eigenvalue weighted by Crippen LogP contribution is -2.47.